The number of fused-ring (bicyclic) bond motifs is 1. The van der Waals surface area contributed by atoms with Crippen molar-refractivity contribution in [3.63, 3.8) is 0 Å². The van der Waals surface area contributed by atoms with Gasteiger partial charge in [0.25, 0.3) is 0 Å². The number of esters is 1. The number of carbonyl (C=O) groups excluding carboxylic acids is 3. The highest BCUT2D eigenvalue weighted by Crippen LogP contribution is 2.34. The minimum atomic E-state index is -0.617. The number of amides is 2. The Bertz CT molecular complexity index is 1760. The van der Waals surface area contributed by atoms with Crippen LogP contribution in [-0.2, 0) is 45.1 Å². The first-order chi connectivity index (χ1) is 22.6. The maximum atomic E-state index is 12.4. The highest BCUT2D eigenvalue weighted by atomic mass is 16.6. The summed E-state index contributed by atoms with van der Waals surface area (Å²) in [6.07, 6.45) is -0.970. The van der Waals surface area contributed by atoms with Crippen LogP contribution in [0.25, 0.3) is 22.1 Å². The van der Waals surface area contributed by atoms with Crippen LogP contribution in [0.2, 0.25) is 0 Å². The van der Waals surface area contributed by atoms with Crippen molar-refractivity contribution in [1.29, 1.82) is 0 Å². The van der Waals surface area contributed by atoms with Gasteiger partial charge in [0.15, 0.2) is 0 Å². The van der Waals surface area contributed by atoms with E-state index in [0.29, 0.717) is 17.9 Å². The summed E-state index contributed by atoms with van der Waals surface area (Å²) in [7, 11) is 0. The van der Waals surface area contributed by atoms with E-state index in [1.165, 1.54) is 0 Å². The molecule has 0 saturated heterocycles. The zero-order chi connectivity index (χ0) is 35.1. The average Bonchev–Trinajstić information content (AvgIpc) is 3.37. The van der Waals surface area contributed by atoms with E-state index in [1.54, 1.807) is 27.7 Å². The third-order valence-corrected chi connectivity index (χ3v) is 6.87. The summed E-state index contributed by atoms with van der Waals surface area (Å²) in [5.41, 5.74) is 4.56. The summed E-state index contributed by atoms with van der Waals surface area (Å²) in [4.78, 5) is 36.9. The molecule has 0 radical (unpaired) electrons. The van der Waals surface area contributed by atoms with Gasteiger partial charge in [-0.2, -0.15) is 0 Å². The summed E-state index contributed by atoms with van der Waals surface area (Å²) in [5, 5.41) is 6.50. The third kappa shape index (κ3) is 10.8. The van der Waals surface area contributed by atoms with E-state index >= 15 is 0 Å². The van der Waals surface area contributed by atoms with Gasteiger partial charge in [0, 0.05) is 29.6 Å². The van der Waals surface area contributed by atoms with E-state index in [0.717, 1.165) is 44.5 Å². The molecular weight excluding hydrogens is 612 g/mol. The van der Waals surface area contributed by atoms with Crippen LogP contribution in [-0.4, -0.2) is 36.0 Å². The highest BCUT2D eigenvalue weighted by molar-refractivity contribution is 5.93. The van der Waals surface area contributed by atoms with E-state index < -0.39 is 23.4 Å². The standard InChI is InChI=1S/C38H46N2O8/c1-9-44-33(41)20-29-14-13-26(22-40-36(43)48-38(6,7)8)19-32(29)45-23-27-17-30-15-24(2)46-34(30)31(18-27)28-12-10-11-25(16-28)21-39-35(42)47-37(3,4)5/h10-19H,9,20-23H2,1-8H3,(H,39,42)(H,40,43). The van der Waals surface area contributed by atoms with Gasteiger partial charge in [-0.05, 0) is 108 Å². The number of aryl methyl sites for hydroxylation is 1. The zero-order valence-electron chi connectivity index (χ0n) is 29.1. The summed E-state index contributed by atoms with van der Waals surface area (Å²) >= 11 is 0. The van der Waals surface area contributed by atoms with E-state index in [2.05, 4.69) is 10.6 Å². The first-order valence-electron chi connectivity index (χ1n) is 16.0. The van der Waals surface area contributed by atoms with Crippen LogP contribution < -0.4 is 15.4 Å². The molecule has 0 fully saturated rings. The molecule has 3 aromatic carbocycles. The van der Waals surface area contributed by atoms with E-state index in [1.807, 2.05) is 88.4 Å². The molecule has 0 aliphatic carbocycles. The highest BCUT2D eigenvalue weighted by Gasteiger charge is 2.19. The van der Waals surface area contributed by atoms with Crippen molar-refractivity contribution in [3.05, 3.63) is 88.7 Å². The Kier molecular flexibility index (Phi) is 11.4. The second-order valence-electron chi connectivity index (χ2n) is 13.5. The fraction of sp³-hybridized carbons (Fsp3) is 0.395. The molecule has 4 aromatic rings. The summed E-state index contributed by atoms with van der Waals surface area (Å²) < 4.78 is 28.4. The summed E-state index contributed by atoms with van der Waals surface area (Å²) in [6, 6.07) is 19.3. The molecule has 0 aliphatic heterocycles. The Morgan fingerprint density at radius 3 is 2.04 bits per heavy atom. The predicted octanol–water partition coefficient (Wildman–Crippen LogP) is 8.14. The van der Waals surface area contributed by atoms with Crippen molar-refractivity contribution in [2.45, 2.75) is 92.7 Å². The SMILES string of the molecule is CCOC(=O)Cc1ccc(CNC(=O)OC(C)(C)C)cc1OCc1cc(-c2cccc(CNC(=O)OC(C)(C)C)c2)c2oc(C)cc2c1. The Morgan fingerprint density at radius 1 is 0.771 bits per heavy atom. The Morgan fingerprint density at radius 2 is 1.42 bits per heavy atom. The fourth-order valence-corrected chi connectivity index (χ4v) is 4.99. The molecular formula is C38H46N2O8. The number of rotatable bonds is 11. The van der Waals surface area contributed by atoms with Crippen LogP contribution in [0.5, 0.6) is 5.75 Å². The molecule has 0 bridgehead atoms. The second-order valence-corrected chi connectivity index (χ2v) is 13.5. The second kappa shape index (κ2) is 15.3. The number of carbonyl (C=O) groups is 3. The van der Waals surface area contributed by atoms with Crippen molar-refractivity contribution < 1.29 is 37.7 Å². The number of benzene rings is 3. The molecule has 0 unspecified atom stereocenters. The topological polar surface area (TPSA) is 125 Å². The normalized spacial score (nSPS) is 11.6. The molecule has 10 heteroatoms. The van der Waals surface area contributed by atoms with Gasteiger partial charge in [-0.1, -0.05) is 30.3 Å². The van der Waals surface area contributed by atoms with Crippen molar-refractivity contribution in [3.8, 4) is 16.9 Å². The number of hydrogen-bond donors (Lipinski definition) is 2. The summed E-state index contributed by atoms with van der Waals surface area (Å²) in [5.74, 6) is 0.918. The van der Waals surface area contributed by atoms with Gasteiger partial charge < -0.3 is 34.0 Å². The van der Waals surface area contributed by atoms with Gasteiger partial charge in [0.1, 0.15) is 34.9 Å². The number of alkyl carbamates (subject to hydrolysis) is 2. The predicted molar refractivity (Wildman–Crippen MR) is 184 cm³/mol. The lowest BCUT2D eigenvalue weighted by Gasteiger charge is -2.20. The van der Waals surface area contributed by atoms with Crippen LogP contribution in [0, 0.1) is 6.92 Å². The maximum Gasteiger partial charge on any atom is 0.407 e. The lowest BCUT2D eigenvalue weighted by molar-refractivity contribution is -0.142. The van der Waals surface area contributed by atoms with Crippen LogP contribution in [0.1, 0.15) is 76.5 Å². The van der Waals surface area contributed by atoms with Crippen molar-refractivity contribution in [1.82, 2.24) is 10.6 Å². The van der Waals surface area contributed by atoms with E-state index in [9.17, 15) is 14.4 Å². The smallest absolute Gasteiger partial charge is 0.407 e. The fourth-order valence-electron chi connectivity index (χ4n) is 4.99. The maximum absolute atomic E-state index is 12.4. The minimum Gasteiger partial charge on any atom is -0.489 e. The largest absolute Gasteiger partial charge is 0.489 e. The van der Waals surface area contributed by atoms with Gasteiger partial charge in [-0.3, -0.25) is 4.79 Å². The van der Waals surface area contributed by atoms with Crippen molar-refractivity contribution in [2.24, 2.45) is 0 Å². The lowest BCUT2D eigenvalue weighted by atomic mass is 9.99. The molecule has 0 spiro atoms. The van der Waals surface area contributed by atoms with E-state index in [-0.39, 0.29) is 32.1 Å². The average molecular weight is 659 g/mol. The molecule has 2 N–H and O–H groups in total. The zero-order valence-corrected chi connectivity index (χ0v) is 29.1. The van der Waals surface area contributed by atoms with Crippen LogP contribution in [0.15, 0.2) is 65.1 Å². The summed E-state index contributed by atoms with van der Waals surface area (Å²) in [6.45, 7) is 15.5. The molecule has 48 heavy (non-hydrogen) atoms. The third-order valence-electron chi connectivity index (χ3n) is 6.87. The Balaban J connectivity index is 1.59. The molecule has 4 rings (SSSR count). The van der Waals surface area contributed by atoms with E-state index in [4.69, 9.17) is 23.4 Å². The number of hydrogen-bond acceptors (Lipinski definition) is 8. The molecule has 0 saturated carbocycles. The molecule has 2 amide bonds. The molecule has 1 aromatic heterocycles. The van der Waals surface area contributed by atoms with Crippen LogP contribution in [0.4, 0.5) is 9.59 Å². The van der Waals surface area contributed by atoms with Gasteiger partial charge >= 0.3 is 18.2 Å². The monoisotopic (exact) mass is 658 g/mol. The molecule has 256 valence electrons. The number of ether oxygens (including phenoxy) is 4. The Labute approximate surface area is 282 Å². The van der Waals surface area contributed by atoms with Crippen molar-refractivity contribution in [2.75, 3.05) is 6.61 Å². The minimum absolute atomic E-state index is 0.0400. The van der Waals surface area contributed by atoms with Gasteiger partial charge in [0.2, 0.25) is 0 Å². The quantitative estimate of drug-likeness (QED) is 0.122. The van der Waals surface area contributed by atoms with Gasteiger partial charge in [0.05, 0.1) is 13.0 Å². The van der Waals surface area contributed by atoms with Crippen LogP contribution in [0.3, 0.4) is 0 Å². The van der Waals surface area contributed by atoms with Gasteiger partial charge in [-0.15, -0.1) is 0 Å². The van der Waals surface area contributed by atoms with Crippen molar-refractivity contribution >= 4 is 29.1 Å². The first-order valence-corrected chi connectivity index (χ1v) is 16.0. The molecule has 0 atom stereocenters. The van der Waals surface area contributed by atoms with Gasteiger partial charge in [-0.25, -0.2) is 9.59 Å². The number of furan rings is 1. The van der Waals surface area contributed by atoms with Crippen LogP contribution >= 0.6 is 0 Å². The first kappa shape index (κ1) is 35.9. The molecule has 0 aliphatic rings. The Hall–Kier alpha value is -4.99. The molecule has 1 heterocycles. The number of nitrogens with one attached hydrogen (secondary N) is 2. The lowest BCUT2D eigenvalue weighted by Crippen LogP contribution is -2.32. The molecule has 10 nitrogen and oxygen atoms in total.